The quantitative estimate of drug-likeness (QED) is 0.381. The van der Waals surface area contributed by atoms with E-state index in [0.717, 1.165) is 11.3 Å². The first kappa shape index (κ1) is 23.7. The zero-order valence-corrected chi connectivity index (χ0v) is 19.8. The van der Waals surface area contributed by atoms with Crippen LogP contribution in [0.4, 0.5) is 0 Å². The Kier molecular flexibility index (Phi) is 7.49. The number of rotatable bonds is 9. The molecule has 0 atom stereocenters. The second-order valence-corrected chi connectivity index (χ2v) is 10.3. The van der Waals surface area contributed by atoms with Crippen LogP contribution in [0.3, 0.4) is 0 Å². The number of carbonyl (C=O) groups is 1. The summed E-state index contributed by atoms with van der Waals surface area (Å²) in [5.41, 5.74) is 2.47. The molecular weight excluding hydrogens is 446 g/mol. The first-order valence-corrected chi connectivity index (χ1v) is 12.2. The largest absolute Gasteiger partial charge is 0.352 e. The van der Waals surface area contributed by atoms with Crippen molar-refractivity contribution in [2.45, 2.75) is 17.0 Å². The molecule has 1 aromatic heterocycles. The molecule has 3 aromatic rings. The first-order chi connectivity index (χ1) is 15.2. The number of nitrogens with one attached hydrogen (secondary N) is 1. The predicted octanol–water partition coefficient (Wildman–Crippen LogP) is 2.89. The van der Waals surface area contributed by atoms with Crippen LogP contribution in [0.1, 0.15) is 5.56 Å². The highest BCUT2D eigenvalue weighted by molar-refractivity contribution is 7.99. The number of carbonyl (C=O) groups excluding carboxylic acids is 1. The van der Waals surface area contributed by atoms with Gasteiger partial charge < -0.3 is 5.32 Å². The molecule has 0 aliphatic rings. The number of hydrogen-bond donors (Lipinski definition) is 1. The van der Waals surface area contributed by atoms with Crippen LogP contribution in [0.25, 0.3) is 17.1 Å². The van der Waals surface area contributed by atoms with Crippen LogP contribution in [0.5, 0.6) is 0 Å². The van der Waals surface area contributed by atoms with Crippen molar-refractivity contribution < 1.29 is 13.2 Å². The normalized spacial score (nSPS) is 11.5. The van der Waals surface area contributed by atoms with E-state index in [-0.39, 0.29) is 16.6 Å². The van der Waals surface area contributed by atoms with E-state index >= 15 is 0 Å². The van der Waals surface area contributed by atoms with Gasteiger partial charge in [-0.25, -0.2) is 12.7 Å². The number of aryl methyl sites for hydroxylation is 1. The molecule has 2 aromatic carbocycles. The molecule has 3 rings (SSSR count). The molecule has 1 heterocycles. The topological polar surface area (TPSA) is 97.2 Å². The number of nitrogens with zero attached hydrogens (tertiary/aromatic N) is 4. The van der Waals surface area contributed by atoms with Crippen LogP contribution < -0.4 is 5.32 Å². The Labute approximate surface area is 192 Å². The molecule has 0 aliphatic heterocycles. The fraction of sp³-hybridized carbons (Fsp3) is 0.227. The van der Waals surface area contributed by atoms with Crippen molar-refractivity contribution in [3.63, 3.8) is 0 Å². The van der Waals surface area contributed by atoms with Crippen molar-refractivity contribution in [2.75, 3.05) is 26.4 Å². The van der Waals surface area contributed by atoms with Crippen LogP contribution in [-0.4, -0.2) is 59.8 Å². The van der Waals surface area contributed by atoms with Gasteiger partial charge in [0, 0.05) is 31.9 Å². The average Bonchev–Trinajstić information content (AvgIpc) is 3.20. The highest BCUT2D eigenvalue weighted by Crippen LogP contribution is 2.29. The lowest BCUT2D eigenvalue weighted by atomic mass is 10.2. The SMILES string of the molecule is C=CCNC(=O)CSc1nnc(-c2cccc(S(=O)(=O)N(C)C)c2)n1-c1cccc(C)c1. The minimum absolute atomic E-state index is 0.144. The van der Waals surface area contributed by atoms with Gasteiger partial charge in [0.05, 0.1) is 10.6 Å². The third-order valence-electron chi connectivity index (χ3n) is 4.54. The number of sulfonamides is 1. The highest BCUT2D eigenvalue weighted by atomic mass is 32.2. The zero-order chi connectivity index (χ0) is 23.3. The molecule has 0 aliphatic carbocycles. The van der Waals surface area contributed by atoms with Crippen LogP contribution in [0, 0.1) is 6.92 Å². The smallest absolute Gasteiger partial charge is 0.242 e. The van der Waals surface area contributed by atoms with Crippen molar-refractivity contribution in [1.82, 2.24) is 24.4 Å². The molecule has 0 saturated heterocycles. The van der Waals surface area contributed by atoms with Gasteiger partial charge in [-0.1, -0.05) is 42.1 Å². The van der Waals surface area contributed by atoms with Gasteiger partial charge in [0.2, 0.25) is 15.9 Å². The zero-order valence-electron chi connectivity index (χ0n) is 18.1. The number of benzene rings is 2. The molecule has 32 heavy (non-hydrogen) atoms. The van der Waals surface area contributed by atoms with E-state index in [2.05, 4.69) is 22.1 Å². The second-order valence-electron chi connectivity index (χ2n) is 7.18. The summed E-state index contributed by atoms with van der Waals surface area (Å²) in [6.45, 7) is 5.96. The summed E-state index contributed by atoms with van der Waals surface area (Å²) in [4.78, 5) is 12.2. The van der Waals surface area contributed by atoms with Gasteiger partial charge in [0.25, 0.3) is 0 Å². The van der Waals surface area contributed by atoms with Crippen molar-refractivity contribution >= 4 is 27.7 Å². The van der Waals surface area contributed by atoms with E-state index in [1.807, 2.05) is 35.8 Å². The Bertz CT molecular complexity index is 1240. The molecule has 8 nitrogen and oxygen atoms in total. The second kappa shape index (κ2) is 10.1. The van der Waals surface area contributed by atoms with E-state index in [1.165, 1.54) is 30.2 Å². The Morgan fingerprint density at radius 3 is 2.62 bits per heavy atom. The van der Waals surface area contributed by atoms with Gasteiger partial charge >= 0.3 is 0 Å². The molecule has 0 saturated carbocycles. The number of amides is 1. The Balaban J connectivity index is 2.06. The van der Waals surface area contributed by atoms with Crippen LogP contribution >= 0.6 is 11.8 Å². The molecule has 0 unspecified atom stereocenters. The fourth-order valence-electron chi connectivity index (χ4n) is 2.92. The summed E-state index contributed by atoms with van der Waals surface area (Å²) in [5.74, 6) is 0.502. The Morgan fingerprint density at radius 2 is 1.94 bits per heavy atom. The standard InChI is InChI=1S/C22H25N5O3S2/c1-5-12-23-20(28)15-31-22-25-24-21(27(22)18-10-6-8-16(2)13-18)17-9-7-11-19(14-17)32(29,30)26(3)4/h5-11,13-14H,1,12,15H2,2-4H3,(H,23,28). The van der Waals surface area contributed by atoms with Crippen molar-refractivity contribution in [3.05, 3.63) is 66.7 Å². The maximum atomic E-state index is 12.6. The molecule has 0 radical (unpaired) electrons. The van der Waals surface area contributed by atoms with Crippen LogP contribution in [-0.2, 0) is 14.8 Å². The lowest BCUT2D eigenvalue weighted by Gasteiger charge is -2.14. The summed E-state index contributed by atoms with van der Waals surface area (Å²) in [7, 11) is -0.626. The highest BCUT2D eigenvalue weighted by Gasteiger charge is 2.21. The summed E-state index contributed by atoms with van der Waals surface area (Å²) in [6.07, 6.45) is 1.62. The van der Waals surface area contributed by atoms with E-state index < -0.39 is 10.0 Å². The molecule has 0 spiro atoms. The Morgan fingerprint density at radius 1 is 1.19 bits per heavy atom. The van der Waals surface area contributed by atoms with Gasteiger partial charge in [-0.3, -0.25) is 9.36 Å². The molecule has 1 N–H and O–H groups in total. The van der Waals surface area contributed by atoms with E-state index in [1.54, 1.807) is 30.3 Å². The van der Waals surface area contributed by atoms with Gasteiger partial charge in [0.1, 0.15) is 0 Å². The third kappa shape index (κ3) is 5.26. The van der Waals surface area contributed by atoms with E-state index in [4.69, 9.17) is 0 Å². The lowest BCUT2D eigenvalue weighted by Crippen LogP contribution is -2.25. The molecule has 1 amide bonds. The average molecular weight is 472 g/mol. The van der Waals surface area contributed by atoms with Crippen molar-refractivity contribution in [3.8, 4) is 17.1 Å². The van der Waals surface area contributed by atoms with Gasteiger partial charge in [-0.15, -0.1) is 16.8 Å². The van der Waals surface area contributed by atoms with Crippen LogP contribution in [0.2, 0.25) is 0 Å². The number of aromatic nitrogens is 3. The lowest BCUT2D eigenvalue weighted by molar-refractivity contribution is -0.118. The molecule has 0 fully saturated rings. The van der Waals surface area contributed by atoms with Gasteiger partial charge in [-0.05, 0) is 36.8 Å². The van der Waals surface area contributed by atoms with E-state index in [0.29, 0.717) is 23.1 Å². The summed E-state index contributed by atoms with van der Waals surface area (Å²) < 4.78 is 28.2. The number of thioether (sulfide) groups is 1. The summed E-state index contributed by atoms with van der Waals surface area (Å²) in [6, 6.07) is 14.4. The van der Waals surface area contributed by atoms with Crippen molar-refractivity contribution in [1.29, 1.82) is 0 Å². The fourth-order valence-corrected chi connectivity index (χ4v) is 4.65. The van der Waals surface area contributed by atoms with E-state index in [9.17, 15) is 13.2 Å². The van der Waals surface area contributed by atoms with Crippen molar-refractivity contribution in [2.24, 2.45) is 0 Å². The monoisotopic (exact) mass is 471 g/mol. The minimum atomic E-state index is -3.61. The van der Waals surface area contributed by atoms with Gasteiger partial charge in [0.15, 0.2) is 11.0 Å². The molecule has 0 bridgehead atoms. The molecule has 10 heteroatoms. The Hall–Kier alpha value is -2.95. The third-order valence-corrected chi connectivity index (χ3v) is 7.28. The predicted molar refractivity (Wildman–Crippen MR) is 126 cm³/mol. The summed E-state index contributed by atoms with van der Waals surface area (Å²) in [5, 5.41) is 11.9. The maximum Gasteiger partial charge on any atom is 0.242 e. The van der Waals surface area contributed by atoms with Crippen LogP contribution in [0.15, 0.2) is 71.2 Å². The molecule has 168 valence electrons. The minimum Gasteiger partial charge on any atom is -0.352 e. The summed E-state index contributed by atoms with van der Waals surface area (Å²) >= 11 is 1.25. The maximum absolute atomic E-state index is 12.6. The van der Waals surface area contributed by atoms with Gasteiger partial charge in [-0.2, -0.15) is 0 Å². The number of hydrogen-bond acceptors (Lipinski definition) is 6. The first-order valence-electron chi connectivity index (χ1n) is 9.80. The molecular formula is C22H25N5O3S2.